The van der Waals surface area contributed by atoms with E-state index in [1.54, 1.807) is 24.3 Å². The van der Waals surface area contributed by atoms with Crippen molar-refractivity contribution in [3.63, 3.8) is 0 Å². The van der Waals surface area contributed by atoms with Crippen molar-refractivity contribution in [1.82, 2.24) is 5.32 Å². The van der Waals surface area contributed by atoms with E-state index in [0.29, 0.717) is 29.4 Å². The summed E-state index contributed by atoms with van der Waals surface area (Å²) < 4.78 is 12.2. The van der Waals surface area contributed by atoms with Gasteiger partial charge in [-0.1, -0.05) is 103 Å². The molecule has 0 bridgehead atoms. The summed E-state index contributed by atoms with van der Waals surface area (Å²) >= 11 is 0. The summed E-state index contributed by atoms with van der Waals surface area (Å²) in [5.41, 5.74) is 2.70. The largest absolute Gasteiger partial charge is 0.489 e. The van der Waals surface area contributed by atoms with Crippen LogP contribution in [0.3, 0.4) is 0 Å². The number of hydrogen-bond acceptors (Lipinski definition) is 5. The second-order valence-corrected chi connectivity index (χ2v) is 10.9. The third-order valence-electron chi connectivity index (χ3n) is 7.93. The number of rotatable bonds is 8. The Hall–Kier alpha value is -6.21. The minimum Gasteiger partial charge on any atom is -0.489 e. The van der Waals surface area contributed by atoms with Crippen LogP contribution in [0.15, 0.2) is 139 Å². The van der Waals surface area contributed by atoms with Gasteiger partial charge in [-0.25, -0.2) is 9.69 Å². The average molecular weight is 605 g/mol. The van der Waals surface area contributed by atoms with Crippen LogP contribution in [0, 0.1) is 0 Å². The van der Waals surface area contributed by atoms with E-state index >= 15 is 0 Å². The van der Waals surface area contributed by atoms with Gasteiger partial charge >= 0.3 is 6.03 Å². The van der Waals surface area contributed by atoms with Crippen molar-refractivity contribution >= 4 is 51.2 Å². The van der Waals surface area contributed by atoms with Crippen LogP contribution < -0.4 is 19.7 Å². The molecule has 0 saturated carbocycles. The first-order valence-electron chi connectivity index (χ1n) is 14.8. The predicted molar refractivity (Wildman–Crippen MR) is 178 cm³/mol. The molecule has 1 saturated heterocycles. The number of carbonyl (C=O) groups is 3. The van der Waals surface area contributed by atoms with Crippen LogP contribution in [-0.2, 0) is 22.8 Å². The maximum absolute atomic E-state index is 13.8. The van der Waals surface area contributed by atoms with Gasteiger partial charge in [-0.05, 0) is 69.1 Å². The molecule has 46 heavy (non-hydrogen) atoms. The summed E-state index contributed by atoms with van der Waals surface area (Å²) in [6.07, 6.45) is 1.51. The number of hydrogen-bond donors (Lipinski definition) is 1. The van der Waals surface area contributed by atoms with Gasteiger partial charge in [0.15, 0.2) is 0 Å². The minimum absolute atomic E-state index is 0.185. The van der Waals surface area contributed by atoms with E-state index in [1.807, 2.05) is 91.0 Å². The number of amides is 4. The lowest BCUT2D eigenvalue weighted by molar-refractivity contribution is -0.122. The Morgan fingerprint density at radius 2 is 1.28 bits per heavy atom. The van der Waals surface area contributed by atoms with Gasteiger partial charge in [0.05, 0.1) is 5.69 Å². The molecule has 0 aromatic heterocycles. The number of ether oxygens (including phenoxy) is 2. The molecule has 1 heterocycles. The van der Waals surface area contributed by atoms with E-state index in [9.17, 15) is 14.4 Å². The van der Waals surface area contributed by atoms with E-state index in [0.717, 1.165) is 37.6 Å². The number of carbonyl (C=O) groups excluding carboxylic acids is 3. The number of benzene rings is 6. The number of nitrogens with one attached hydrogen (secondary N) is 1. The van der Waals surface area contributed by atoms with E-state index in [2.05, 4.69) is 23.5 Å². The molecule has 7 nitrogen and oxygen atoms in total. The van der Waals surface area contributed by atoms with Crippen LogP contribution >= 0.6 is 0 Å². The van der Waals surface area contributed by atoms with Gasteiger partial charge in [0.2, 0.25) is 0 Å². The minimum atomic E-state index is -0.824. The number of barbiturate groups is 1. The van der Waals surface area contributed by atoms with E-state index in [-0.39, 0.29) is 12.2 Å². The number of urea groups is 1. The van der Waals surface area contributed by atoms with Gasteiger partial charge < -0.3 is 9.47 Å². The monoisotopic (exact) mass is 604 g/mol. The van der Waals surface area contributed by atoms with Crippen molar-refractivity contribution in [2.45, 2.75) is 13.2 Å². The van der Waals surface area contributed by atoms with E-state index in [1.165, 1.54) is 6.08 Å². The molecule has 4 amide bonds. The van der Waals surface area contributed by atoms with Crippen molar-refractivity contribution in [2.75, 3.05) is 4.90 Å². The topological polar surface area (TPSA) is 84.9 Å². The van der Waals surface area contributed by atoms with Crippen molar-refractivity contribution in [1.29, 1.82) is 0 Å². The highest BCUT2D eigenvalue weighted by atomic mass is 16.5. The zero-order valence-corrected chi connectivity index (χ0v) is 24.7. The van der Waals surface area contributed by atoms with Gasteiger partial charge in [-0.15, -0.1) is 0 Å². The first-order valence-corrected chi connectivity index (χ1v) is 14.8. The number of imide groups is 2. The molecule has 7 rings (SSSR count). The molecule has 0 atom stereocenters. The molecule has 0 unspecified atom stereocenters. The van der Waals surface area contributed by atoms with Gasteiger partial charge in [0.1, 0.15) is 30.3 Å². The predicted octanol–water partition coefficient (Wildman–Crippen LogP) is 7.82. The number of nitrogens with zero attached hydrogens (tertiary/aromatic N) is 1. The highest BCUT2D eigenvalue weighted by molar-refractivity contribution is 6.39. The fourth-order valence-corrected chi connectivity index (χ4v) is 5.59. The van der Waals surface area contributed by atoms with Crippen LogP contribution in [0.1, 0.15) is 16.7 Å². The molecule has 224 valence electrons. The molecule has 6 aromatic carbocycles. The standard InChI is InChI=1S/C39H28N2O5/c42-37-35(38(43)41(39(44)40-37)30-18-20-31(21-19-30)45-24-26-9-2-1-3-10-26)23-34-33-16-7-5-12-28(33)17-22-36(34)46-25-29-14-8-13-27-11-4-6-15-32(27)29/h1-23H,24-25H2,(H,40,42,44)/b35-23+. The second-order valence-electron chi connectivity index (χ2n) is 10.9. The molecule has 1 aliphatic rings. The zero-order chi connectivity index (χ0) is 31.5. The fraction of sp³-hybridized carbons (Fsp3) is 0.0513. The van der Waals surface area contributed by atoms with Crippen molar-refractivity contribution in [3.05, 3.63) is 156 Å². The summed E-state index contributed by atoms with van der Waals surface area (Å²) in [6.45, 7) is 0.653. The maximum Gasteiger partial charge on any atom is 0.335 e. The van der Waals surface area contributed by atoms with Crippen molar-refractivity contribution < 1.29 is 23.9 Å². The molecule has 1 N–H and O–H groups in total. The molecule has 7 heteroatoms. The van der Waals surface area contributed by atoms with E-state index in [4.69, 9.17) is 9.47 Å². The highest BCUT2D eigenvalue weighted by Gasteiger charge is 2.37. The lowest BCUT2D eigenvalue weighted by Gasteiger charge is -2.26. The quantitative estimate of drug-likeness (QED) is 0.141. The summed E-state index contributed by atoms with van der Waals surface area (Å²) in [5.74, 6) is -0.433. The lowest BCUT2D eigenvalue weighted by Crippen LogP contribution is -2.54. The first kappa shape index (κ1) is 28.6. The molecule has 6 aromatic rings. The van der Waals surface area contributed by atoms with Crippen LogP contribution in [0.4, 0.5) is 10.5 Å². The van der Waals surface area contributed by atoms with Gasteiger partial charge in [-0.3, -0.25) is 14.9 Å². The summed E-state index contributed by atoms with van der Waals surface area (Å²) in [4.78, 5) is 40.9. The molecular formula is C39H28N2O5. The molecule has 0 aliphatic carbocycles. The molecule has 0 radical (unpaired) electrons. The number of fused-ring (bicyclic) bond motifs is 2. The molecule has 1 fully saturated rings. The summed E-state index contributed by atoms with van der Waals surface area (Å²) in [6, 6.07) is 41.1. The smallest absolute Gasteiger partial charge is 0.335 e. The Morgan fingerprint density at radius 3 is 2.07 bits per heavy atom. The third-order valence-corrected chi connectivity index (χ3v) is 7.93. The van der Waals surface area contributed by atoms with Gasteiger partial charge in [-0.2, -0.15) is 0 Å². The van der Waals surface area contributed by atoms with E-state index < -0.39 is 17.8 Å². The normalized spacial score (nSPS) is 14.1. The van der Waals surface area contributed by atoms with Gasteiger partial charge in [0, 0.05) is 5.56 Å². The molecule has 0 spiro atoms. The lowest BCUT2D eigenvalue weighted by atomic mass is 9.99. The number of anilines is 1. The average Bonchev–Trinajstić information content (AvgIpc) is 3.09. The summed E-state index contributed by atoms with van der Waals surface area (Å²) in [7, 11) is 0. The zero-order valence-electron chi connectivity index (χ0n) is 24.7. The van der Waals surface area contributed by atoms with Crippen molar-refractivity contribution in [3.8, 4) is 11.5 Å². The Bertz CT molecular complexity index is 2130. The summed E-state index contributed by atoms with van der Waals surface area (Å²) in [5, 5.41) is 6.22. The van der Waals surface area contributed by atoms with Crippen LogP contribution in [0.5, 0.6) is 11.5 Å². The highest BCUT2D eigenvalue weighted by Crippen LogP contribution is 2.33. The Balaban J connectivity index is 1.20. The van der Waals surface area contributed by atoms with Crippen LogP contribution in [0.25, 0.3) is 27.6 Å². The Kier molecular flexibility index (Phi) is 7.71. The SMILES string of the molecule is O=C1NC(=O)N(c2ccc(OCc3ccccc3)cc2)C(=O)/C1=C/c1c(OCc2cccc3ccccc23)ccc2ccccc12. The molecular weight excluding hydrogens is 576 g/mol. The Morgan fingerprint density at radius 1 is 0.609 bits per heavy atom. The van der Waals surface area contributed by atoms with Gasteiger partial charge in [0.25, 0.3) is 11.8 Å². The third kappa shape index (κ3) is 5.69. The first-order chi connectivity index (χ1) is 22.5. The van der Waals surface area contributed by atoms with Crippen LogP contribution in [-0.4, -0.2) is 17.8 Å². The van der Waals surface area contributed by atoms with Crippen LogP contribution in [0.2, 0.25) is 0 Å². The second kappa shape index (κ2) is 12.4. The van der Waals surface area contributed by atoms with Crippen molar-refractivity contribution in [2.24, 2.45) is 0 Å². The fourth-order valence-electron chi connectivity index (χ4n) is 5.59. The maximum atomic E-state index is 13.8. The molecule has 1 aliphatic heterocycles. The Labute approximate surface area is 265 Å².